The lowest BCUT2D eigenvalue weighted by molar-refractivity contribution is -0.122. The summed E-state index contributed by atoms with van der Waals surface area (Å²) in [7, 11) is 1.35. The molecule has 1 heterocycles. The smallest absolute Gasteiger partial charge is 0.337 e. The maximum atomic E-state index is 11.8. The number of hydrogen-bond donors (Lipinski definition) is 2. The van der Waals surface area contributed by atoms with Crippen molar-refractivity contribution in [2.45, 2.75) is 25.4 Å². The summed E-state index contributed by atoms with van der Waals surface area (Å²) in [4.78, 5) is 23.2. The van der Waals surface area contributed by atoms with Crippen molar-refractivity contribution in [3.8, 4) is 0 Å². The molecule has 6 heteroatoms. The Bertz CT molecular complexity index is 473. The van der Waals surface area contributed by atoms with Gasteiger partial charge in [-0.25, -0.2) is 4.79 Å². The summed E-state index contributed by atoms with van der Waals surface area (Å²) >= 11 is 0. The van der Waals surface area contributed by atoms with Crippen LogP contribution in [0, 0.1) is 0 Å². The SMILES string of the molecule is COC(=O)c1cccc(CNC(=O)C2CCCN2)c1.Cl. The maximum absolute atomic E-state index is 11.8. The van der Waals surface area contributed by atoms with E-state index in [-0.39, 0.29) is 30.3 Å². The lowest BCUT2D eigenvalue weighted by Gasteiger charge is -2.11. The third kappa shape index (κ3) is 4.21. The molecule has 1 saturated heterocycles. The van der Waals surface area contributed by atoms with E-state index in [0.29, 0.717) is 12.1 Å². The number of methoxy groups -OCH3 is 1. The van der Waals surface area contributed by atoms with Crippen molar-refractivity contribution in [2.75, 3.05) is 13.7 Å². The molecule has 1 amide bonds. The standard InChI is InChI=1S/C14H18N2O3.ClH/c1-19-14(18)11-5-2-4-10(8-11)9-16-13(17)12-6-3-7-15-12;/h2,4-5,8,12,15H,3,6-7,9H2,1H3,(H,16,17);1H. The highest BCUT2D eigenvalue weighted by atomic mass is 35.5. The molecule has 0 radical (unpaired) electrons. The summed E-state index contributed by atoms with van der Waals surface area (Å²) in [6.07, 6.45) is 1.92. The minimum absolute atomic E-state index is 0. The van der Waals surface area contributed by atoms with Crippen molar-refractivity contribution in [1.29, 1.82) is 0 Å². The van der Waals surface area contributed by atoms with Crippen molar-refractivity contribution in [1.82, 2.24) is 10.6 Å². The molecule has 1 aliphatic rings. The summed E-state index contributed by atoms with van der Waals surface area (Å²) in [6.45, 7) is 1.32. The van der Waals surface area contributed by atoms with Crippen molar-refractivity contribution in [3.05, 3.63) is 35.4 Å². The Balaban J connectivity index is 0.00000200. The Kier molecular flexibility index (Phi) is 6.48. The van der Waals surface area contributed by atoms with E-state index in [2.05, 4.69) is 15.4 Å². The molecule has 2 rings (SSSR count). The number of carbonyl (C=O) groups is 2. The largest absolute Gasteiger partial charge is 0.465 e. The minimum Gasteiger partial charge on any atom is -0.465 e. The highest BCUT2D eigenvalue weighted by Gasteiger charge is 2.21. The first-order valence-electron chi connectivity index (χ1n) is 6.39. The zero-order chi connectivity index (χ0) is 13.7. The van der Waals surface area contributed by atoms with Gasteiger partial charge in [0.1, 0.15) is 0 Å². The van der Waals surface area contributed by atoms with Gasteiger partial charge in [0, 0.05) is 6.54 Å². The van der Waals surface area contributed by atoms with Gasteiger partial charge in [0.2, 0.25) is 5.91 Å². The second kappa shape index (κ2) is 7.87. The highest BCUT2D eigenvalue weighted by molar-refractivity contribution is 5.89. The number of nitrogens with one attached hydrogen (secondary N) is 2. The average Bonchev–Trinajstić information content (AvgIpc) is 2.98. The van der Waals surface area contributed by atoms with Gasteiger partial charge in [0.05, 0.1) is 18.7 Å². The van der Waals surface area contributed by atoms with E-state index in [4.69, 9.17) is 0 Å². The molecule has 5 nitrogen and oxygen atoms in total. The fraction of sp³-hybridized carbons (Fsp3) is 0.429. The first kappa shape index (κ1) is 16.5. The molecule has 0 bridgehead atoms. The predicted octanol–water partition coefficient (Wildman–Crippen LogP) is 1.26. The van der Waals surface area contributed by atoms with Crippen LogP contribution in [0.4, 0.5) is 0 Å². The summed E-state index contributed by atoms with van der Waals surface area (Å²) < 4.78 is 4.66. The zero-order valence-corrected chi connectivity index (χ0v) is 12.2. The van der Waals surface area contributed by atoms with Gasteiger partial charge >= 0.3 is 5.97 Å². The fourth-order valence-corrected chi connectivity index (χ4v) is 2.15. The molecule has 0 aliphatic carbocycles. The zero-order valence-electron chi connectivity index (χ0n) is 11.3. The second-order valence-electron chi connectivity index (χ2n) is 4.56. The summed E-state index contributed by atoms with van der Waals surface area (Å²) in [5.41, 5.74) is 1.38. The molecule has 110 valence electrons. The quantitative estimate of drug-likeness (QED) is 0.821. The van der Waals surface area contributed by atoms with Gasteiger partial charge in [-0.05, 0) is 37.1 Å². The van der Waals surface area contributed by atoms with E-state index in [1.54, 1.807) is 18.2 Å². The van der Waals surface area contributed by atoms with Crippen LogP contribution in [0.1, 0.15) is 28.8 Å². The molecule has 2 N–H and O–H groups in total. The molecule has 1 atom stereocenters. The van der Waals surface area contributed by atoms with Crippen LogP contribution in [-0.2, 0) is 16.1 Å². The van der Waals surface area contributed by atoms with Gasteiger partial charge < -0.3 is 15.4 Å². The molecule has 1 unspecified atom stereocenters. The number of rotatable bonds is 4. The topological polar surface area (TPSA) is 67.4 Å². The van der Waals surface area contributed by atoms with E-state index < -0.39 is 0 Å². The molecule has 0 saturated carbocycles. The van der Waals surface area contributed by atoms with E-state index in [9.17, 15) is 9.59 Å². The van der Waals surface area contributed by atoms with Crippen LogP contribution in [-0.4, -0.2) is 31.6 Å². The third-order valence-electron chi connectivity index (χ3n) is 3.19. The van der Waals surface area contributed by atoms with E-state index >= 15 is 0 Å². The minimum atomic E-state index is -0.370. The van der Waals surface area contributed by atoms with Crippen molar-refractivity contribution in [3.63, 3.8) is 0 Å². The highest BCUT2D eigenvalue weighted by Crippen LogP contribution is 2.08. The number of benzene rings is 1. The number of esters is 1. The van der Waals surface area contributed by atoms with Crippen LogP contribution in [0.5, 0.6) is 0 Å². The molecular weight excluding hydrogens is 280 g/mol. The number of hydrogen-bond acceptors (Lipinski definition) is 4. The van der Waals surface area contributed by atoms with Gasteiger partial charge in [0.25, 0.3) is 0 Å². The predicted molar refractivity (Wildman–Crippen MR) is 77.9 cm³/mol. The monoisotopic (exact) mass is 298 g/mol. The Morgan fingerprint density at radius 3 is 2.90 bits per heavy atom. The van der Waals surface area contributed by atoms with Crippen LogP contribution in [0.25, 0.3) is 0 Å². The van der Waals surface area contributed by atoms with Crippen molar-refractivity contribution in [2.24, 2.45) is 0 Å². The fourth-order valence-electron chi connectivity index (χ4n) is 2.15. The van der Waals surface area contributed by atoms with Crippen molar-refractivity contribution >= 4 is 24.3 Å². The molecule has 1 aromatic carbocycles. The second-order valence-corrected chi connectivity index (χ2v) is 4.56. The summed E-state index contributed by atoms with van der Waals surface area (Å²) in [5.74, 6) is -0.355. The Morgan fingerprint density at radius 2 is 2.25 bits per heavy atom. The molecule has 1 fully saturated rings. The molecule has 1 aliphatic heterocycles. The normalized spacial score (nSPS) is 17.1. The first-order valence-corrected chi connectivity index (χ1v) is 6.39. The molecule has 0 spiro atoms. The lowest BCUT2D eigenvalue weighted by Crippen LogP contribution is -2.40. The molecule has 0 aromatic heterocycles. The number of halogens is 1. The van der Waals surface area contributed by atoms with E-state index in [0.717, 1.165) is 24.9 Å². The third-order valence-corrected chi connectivity index (χ3v) is 3.19. The molecule has 20 heavy (non-hydrogen) atoms. The average molecular weight is 299 g/mol. The number of amides is 1. The van der Waals surface area contributed by atoms with E-state index in [1.807, 2.05) is 6.07 Å². The van der Waals surface area contributed by atoms with Gasteiger partial charge in [-0.15, -0.1) is 12.4 Å². The van der Waals surface area contributed by atoms with Gasteiger partial charge in [-0.2, -0.15) is 0 Å². The first-order chi connectivity index (χ1) is 9.20. The number of carbonyl (C=O) groups excluding carboxylic acids is 2. The summed E-state index contributed by atoms with van der Waals surface area (Å²) in [6, 6.07) is 6.99. The van der Waals surface area contributed by atoms with Crippen LogP contribution in [0.2, 0.25) is 0 Å². The lowest BCUT2D eigenvalue weighted by atomic mass is 10.1. The van der Waals surface area contributed by atoms with Gasteiger partial charge in [-0.1, -0.05) is 12.1 Å². The number of ether oxygens (including phenoxy) is 1. The molecular formula is C14H19ClN2O3. The maximum Gasteiger partial charge on any atom is 0.337 e. The van der Waals surface area contributed by atoms with Crippen LogP contribution in [0.15, 0.2) is 24.3 Å². The van der Waals surface area contributed by atoms with Gasteiger partial charge in [0.15, 0.2) is 0 Å². The Morgan fingerprint density at radius 1 is 1.45 bits per heavy atom. The molecule has 1 aromatic rings. The Hall–Kier alpha value is -1.59. The van der Waals surface area contributed by atoms with Crippen LogP contribution < -0.4 is 10.6 Å². The van der Waals surface area contributed by atoms with Crippen LogP contribution in [0.3, 0.4) is 0 Å². The Labute approximate surface area is 124 Å². The van der Waals surface area contributed by atoms with Crippen molar-refractivity contribution < 1.29 is 14.3 Å². The summed E-state index contributed by atoms with van der Waals surface area (Å²) in [5, 5.41) is 6.02. The van der Waals surface area contributed by atoms with Gasteiger partial charge in [-0.3, -0.25) is 4.79 Å². The van der Waals surface area contributed by atoms with E-state index in [1.165, 1.54) is 7.11 Å². The van der Waals surface area contributed by atoms with Crippen LogP contribution >= 0.6 is 12.4 Å².